The predicted octanol–water partition coefficient (Wildman–Crippen LogP) is 8.06. The quantitative estimate of drug-likeness (QED) is 0.234. The smallest absolute Gasteiger partial charge is 0.258 e. The van der Waals surface area contributed by atoms with Crippen LogP contribution in [0.15, 0.2) is 48.5 Å². The van der Waals surface area contributed by atoms with E-state index >= 15 is 0 Å². The molecule has 0 fully saturated rings. The summed E-state index contributed by atoms with van der Waals surface area (Å²) < 4.78 is 0. The number of carbonyl (C=O) groups excluding carboxylic acids is 2. The molecular weight excluding hydrogens is 542 g/mol. The van der Waals surface area contributed by atoms with Gasteiger partial charge in [0, 0.05) is 26.8 Å². The Labute approximate surface area is 230 Å². The van der Waals surface area contributed by atoms with Crippen LogP contribution in [-0.4, -0.2) is 21.8 Å². The van der Waals surface area contributed by atoms with Crippen LogP contribution in [-0.2, 0) is 5.41 Å². The lowest BCUT2D eigenvalue weighted by Crippen LogP contribution is -2.16. The standard InChI is InChI=1S/C26H23Cl3N4O2.ClH/c1-13-18(28)6-5-7-20(13)31-24(35)17-11-15(12-21-22(17)33-25(32-21)26(2,3)4)30-23(34)16-10-14(27)8-9-19(16)29;/h5-12H,1-4H3,(H,30,34)(H,31,35)(H,32,33);1H. The van der Waals surface area contributed by atoms with E-state index in [-0.39, 0.29) is 34.3 Å². The molecule has 1 aromatic heterocycles. The number of imidazole rings is 1. The Kier molecular flexibility index (Phi) is 8.26. The van der Waals surface area contributed by atoms with E-state index in [1.54, 1.807) is 42.5 Å². The minimum atomic E-state index is -0.454. The fraction of sp³-hybridized carbons (Fsp3) is 0.192. The summed E-state index contributed by atoms with van der Waals surface area (Å²) in [6.45, 7) is 7.88. The summed E-state index contributed by atoms with van der Waals surface area (Å²) in [7, 11) is 0. The Morgan fingerprint density at radius 2 is 1.58 bits per heavy atom. The van der Waals surface area contributed by atoms with E-state index in [4.69, 9.17) is 39.8 Å². The summed E-state index contributed by atoms with van der Waals surface area (Å²) in [5, 5.41) is 6.91. The summed E-state index contributed by atoms with van der Waals surface area (Å²) in [4.78, 5) is 34.3. The molecule has 0 unspecified atom stereocenters. The molecule has 0 spiro atoms. The highest BCUT2D eigenvalue weighted by atomic mass is 35.5. The number of aromatic amines is 1. The fourth-order valence-electron chi connectivity index (χ4n) is 3.52. The SMILES string of the molecule is Cc1c(Cl)cccc1NC(=O)c1cc(NC(=O)c2cc(Cl)ccc2Cl)cc2[nH]c(C(C)(C)C)nc12.Cl. The van der Waals surface area contributed by atoms with Crippen molar-refractivity contribution in [1.82, 2.24) is 9.97 Å². The van der Waals surface area contributed by atoms with Gasteiger partial charge in [-0.3, -0.25) is 9.59 Å². The maximum atomic E-state index is 13.4. The van der Waals surface area contributed by atoms with Crippen LogP contribution in [0.25, 0.3) is 11.0 Å². The minimum absolute atomic E-state index is 0. The normalized spacial score (nSPS) is 11.2. The largest absolute Gasteiger partial charge is 0.341 e. The number of rotatable bonds is 4. The van der Waals surface area contributed by atoms with E-state index in [0.717, 1.165) is 5.56 Å². The Balaban J connectivity index is 0.00000361. The molecule has 0 aliphatic rings. The first-order valence-electron chi connectivity index (χ1n) is 10.8. The molecule has 0 aliphatic heterocycles. The predicted molar refractivity (Wildman–Crippen MR) is 151 cm³/mol. The zero-order valence-corrected chi connectivity index (χ0v) is 23.0. The van der Waals surface area contributed by atoms with Crippen LogP contribution in [0, 0.1) is 6.92 Å². The van der Waals surface area contributed by atoms with E-state index < -0.39 is 5.91 Å². The Morgan fingerprint density at radius 1 is 0.889 bits per heavy atom. The van der Waals surface area contributed by atoms with Gasteiger partial charge in [0.05, 0.1) is 21.7 Å². The molecule has 2 amide bonds. The van der Waals surface area contributed by atoms with Gasteiger partial charge in [-0.15, -0.1) is 12.4 Å². The summed E-state index contributed by atoms with van der Waals surface area (Å²) in [6, 6.07) is 13.2. The third-order valence-electron chi connectivity index (χ3n) is 5.49. The number of benzene rings is 3. The number of carbonyl (C=O) groups is 2. The maximum Gasteiger partial charge on any atom is 0.258 e. The number of halogens is 4. The van der Waals surface area contributed by atoms with Gasteiger partial charge in [-0.1, -0.05) is 61.6 Å². The molecule has 1 heterocycles. The summed E-state index contributed by atoms with van der Waals surface area (Å²) in [6.07, 6.45) is 0. The van der Waals surface area contributed by atoms with Crippen molar-refractivity contribution < 1.29 is 9.59 Å². The molecule has 3 N–H and O–H groups in total. The Morgan fingerprint density at radius 3 is 2.28 bits per heavy atom. The summed E-state index contributed by atoms with van der Waals surface area (Å²) in [5.74, 6) is -0.129. The van der Waals surface area contributed by atoms with Gasteiger partial charge in [0.2, 0.25) is 0 Å². The van der Waals surface area contributed by atoms with E-state index in [1.165, 1.54) is 6.07 Å². The van der Waals surface area contributed by atoms with Gasteiger partial charge in [-0.05, 0) is 55.0 Å². The first-order valence-corrected chi connectivity index (χ1v) is 11.9. The monoisotopic (exact) mass is 564 g/mol. The molecule has 0 aliphatic carbocycles. The van der Waals surface area contributed by atoms with E-state index in [1.807, 2.05) is 27.7 Å². The molecule has 36 heavy (non-hydrogen) atoms. The van der Waals surface area contributed by atoms with Gasteiger partial charge in [-0.25, -0.2) is 4.98 Å². The van der Waals surface area contributed by atoms with E-state index in [9.17, 15) is 9.59 Å². The van der Waals surface area contributed by atoms with Gasteiger partial charge < -0.3 is 15.6 Å². The van der Waals surface area contributed by atoms with E-state index in [2.05, 4.69) is 15.6 Å². The third kappa shape index (κ3) is 5.79. The van der Waals surface area contributed by atoms with Crippen LogP contribution >= 0.6 is 47.2 Å². The number of amides is 2. The lowest BCUT2D eigenvalue weighted by molar-refractivity contribution is 0.101. The number of anilines is 2. The van der Waals surface area contributed by atoms with Crippen LogP contribution in [0.3, 0.4) is 0 Å². The van der Waals surface area contributed by atoms with E-state index in [0.29, 0.717) is 43.8 Å². The lowest BCUT2D eigenvalue weighted by atomic mass is 9.96. The van der Waals surface area contributed by atoms with Gasteiger partial charge in [0.1, 0.15) is 11.3 Å². The molecule has 0 saturated carbocycles. The number of hydrogen-bond donors (Lipinski definition) is 3. The average molecular weight is 566 g/mol. The molecule has 3 aromatic carbocycles. The summed E-state index contributed by atoms with van der Waals surface area (Å²) in [5.41, 5.74) is 3.06. The van der Waals surface area contributed by atoms with Crippen LogP contribution in [0.2, 0.25) is 15.1 Å². The fourth-order valence-corrected chi connectivity index (χ4v) is 4.07. The third-order valence-corrected chi connectivity index (χ3v) is 6.46. The van der Waals surface area contributed by atoms with Crippen molar-refractivity contribution in [2.75, 3.05) is 10.6 Å². The molecular formula is C26H24Cl4N4O2. The lowest BCUT2D eigenvalue weighted by Gasteiger charge is -2.13. The molecule has 0 radical (unpaired) electrons. The van der Waals surface area contributed by atoms with Crippen molar-refractivity contribution in [2.45, 2.75) is 33.1 Å². The average Bonchev–Trinajstić information content (AvgIpc) is 3.22. The minimum Gasteiger partial charge on any atom is -0.341 e. The highest BCUT2D eigenvalue weighted by Crippen LogP contribution is 2.30. The van der Waals surface area contributed by atoms with Crippen molar-refractivity contribution in [2.24, 2.45) is 0 Å². The van der Waals surface area contributed by atoms with Crippen LogP contribution in [0.5, 0.6) is 0 Å². The second-order valence-electron chi connectivity index (χ2n) is 9.20. The van der Waals surface area contributed by atoms with Crippen molar-refractivity contribution in [3.05, 3.63) is 86.1 Å². The summed E-state index contributed by atoms with van der Waals surface area (Å²) >= 11 is 18.5. The van der Waals surface area contributed by atoms with Crippen LogP contribution in [0.4, 0.5) is 11.4 Å². The molecule has 10 heteroatoms. The first kappa shape index (κ1) is 27.8. The van der Waals surface area contributed by atoms with Crippen molar-refractivity contribution in [3.8, 4) is 0 Å². The van der Waals surface area contributed by atoms with Gasteiger partial charge >= 0.3 is 0 Å². The number of hydrogen-bond acceptors (Lipinski definition) is 3. The Bertz CT molecular complexity index is 1480. The number of aromatic nitrogens is 2. The second kappa shape index (κ2) is 10.7. The molecule has 0 saturated heterocycles. The second-order valence-corrected chi connectivity index (χ2v) is 10.5. The zero-order chi connectivity index (χ0) is 25.5. The number of fused-ring (bicyclic) bond motifs is 1. The van der Waals surface area contributed by atoms with Crippen LogP contribution < -0.4 is 10.6 Å². The maximum absolute atomic E-state index is 13.4. The molecule has 188 valence electrons. The van der Waals surface area contributed by atoms with Crippen molar-refractivity contribution in [3.63, 3.8) is 0 Å². The molecule has 4 rings (SSSR count). The highest BCUT2D eigenvalue weighted by molar-refractivity contribution is 6.36. The van der Waals surface area contributed by atoms with Crippen LogP contribution in [0.1, 0.15) is 52.9 Å². The van der Waals surface area contributed by atoms with Gasteiger partial charge in [0.15, 0.2) is 0 Å². The highest BCUT2D eigenvalue weighted by Gasteiger charge is 2.23. The number of nitrogens with one attached hydrogen (secondary N) is 3. The molecule has 0 atom stereocenters. The molecule has 0 bridgehead atoms. The topological polar surface area (TPSA) is 86.9 Å². The molecule has 4 aromatic rings. The molecule has 6 nitrogen and oxygen atoms in total. The van der Waals surface area contributed by atoms with Gasteiger partial charge in [0.25, 0.3) is 11.8 Å². The number of nitrogens with zero attached hydrogens (tertiary/aromatic N) is 1. The first-order chi connectivity index (χ1) is 16.4. The Hall–Kier alpha value is -2.77. The zero-order valence-electron chi connectivity index (χ0n) is 19.9. The number of H-pyrrole nitrogens is 1. The van der Waals surface area contributed by atoms with Crippen molar-refractivity contribution >= 4 is 81.4 Å². The van der Waals surface area contributed by atoms with Gasteiger partial charge in [-0.2, -0.15) is 0 Å². The van der Waals surface area contributed by atoms with Crippen molar-refractivity contribution in [1.29, 1.82) is 0 Å².